The molecule has 0 amide bonds. The summed E-state index contributed by atoms with van der Waals surface area (Å²) < 4.78 is 0. The number of rotatable bonds is 1. The van der Waals surface area contributed by atoms with Crippen molar-refractivity contribution in [3.8, 4) is 0 Å². The number of anilines is 1. The van der Waals surface area contributed by atoms with Gasteiger partial charge in [0.2, 0.25) is 0 Å². The predicted molar refractivity (Wildman–Crippen MR) is 46.1 cm³/mol. The van der Waals surface area contributed by atoms with Crippen molar-refractivity contribution >= 4 is 22.9 Å². The molecule has 10 heavy (non-hydrogen) atoms. The summed E-state index contributed by atoms with van der Waals surface area (Å²) in [5, 5.41) is 2.97. The van der Waals surface area contributed by atoms with Crippen LogP contribution in [-0.4, -0.2) is 9.97 Å². The van der Waals surface area contributed by atoms with Crippen LogP contribution < -0.4 is 5.32 Å². The Bertz CT molecular complexity index is 220. The summed E-state index contributed by atoms with van der Waals surface area (Å²) in [6, 6.07) is 3.78. The summed E-state index contributed by atoms with van der Waals surface area (Å²) in [6.45, 7) is 1.84. The first-order valence-corrected chi connectivity index (χ1v) is 3.37. The van der Waals surface area contributed by atoms with Crippen molar-refractivity contribution in [2.24, 2.45) is 0 Å². The molecule has 1 aromatic rings. The predicted octanol–water partition coefficient (Wildman–Crippen LogP) is 1.84. The van der Waals surface area contributed by atoms with Gasteiger partial charge in [-0.3, -0.25) is 4.98 Å². The topological polar surface area (TPSA) is 24.9 Å². The van der Waals surface area contributed by atoms with Crippen LogP contribution in [0.4, 0.5) is 5.69 Å². The fourth-order valence-corrected chi connectivity index (χ4v) is 0.758. The largest absolute Gasteiger partial charge is 0.349 e. The zero-order chi connectivity index (χ0) is 7.40. The highest BCUT2D eigenvalue weighted by atomic mass is 32.1. The molecule has 52 valence electrons. The Balaban J connectivity index is 2.67. The van der Waals surface area contributed by atoms with Crippen molar-refractivity contribution in [2.45, 2.75) is 6.92 Å². The van der Waals surface area contributed by atoms with Crippen LogP contribution >= 0.6 is 12.2 Å². The molecule has 1 heterocycles. The van der Waals surface area contributed by atoms with E-state index in [1.165, 1.54) is 0 Å². The lowest BCUT2D eigenvalue weighted by atomic mass is 10.4. The van der Waals surface area contributed by atoms with E-state index in [4.69, 9.17) is 12.2 Å². The fraction of sp³-hybridized carbons (Fsp3) is 0.143. The van der Waals surface area contributed by atoms with E-state index in [9.17, 15) is 0 Å². The molecule has 0 atom stereocenters. The second kappa shape index (κ2) is 3.27. The SMILES string of the molecule is CC(=S)Nc1cccnc1. The van der Waals surface area contributed by atoms with E-state index < -0.39 is 0 Å². The Morgan fingerprint density at radius 3 is 3.00 bits per heavy atom. The average molecular weight is 152 g/mol. The number of pyridine rings is 1. The normalized spacial score (nSPS) is 8.90. The monoisotopic (exact) mass is 152 g/mol. The van der Waals surface area contributed by atoms with Gasteiger partial charge < -0.3 is 5.32 Å². The van der Waals surface area contributed by atoms with Gasteiger partial charge in [-0.2, -0.15) is 0 Å². The molecule has 1 N–H and O–H groups in total. The third-order valence-electron chi connectivity index (χ3n) is 0.982. The first-order chi connectivity index (χ1) is 4.79. The lowest BCUT2D eigenvalue weighted by Gasteiger charge is -2.00. The van der Waals surface area contributed by atoms with Crippen LogP contribution in [0.25, 0.3) is 0 Å². The summed E-state index contributed by atoms with van der Waals surface area (Å²) in [5.41, 5.74) is 0.940. The van der Waals surface area contributed by atoms with E-state index in [0.29, 0.717) is 0 Å². The van der Waals surface area contributed by atoms with E-state index in [-0.39, 0.29) is 0 Å². The molecule has 0 fully saturated rings. The first kappa shape index (κ1) is 7.15. The zero-order valence-electron chi connectivity index (χ0n) is 5.66. The van der Waals surface area contributed by atoms with Gasteiger partial charge in [-0.1, -0.05) is 12.2 Å². The summed E-state index contributed by atoms with van der Waals surface area (Å²) >= 11 is 4.84. The number of hydrogen-bond donors (Lipinski definition) is 1. The van der Waals surface area contributed by atoms with Gasteiger partial charge in [-0.25, -0.2) is 0 Å². The third kappa shape index (κ3) is 2.11. The van der Waals surface area contributed by atoms with Crippen LogP contribution in [0.2, 0.25) is 0 Å². The maximum absolute atomic E-state index is 4.84. The van der Waals surface area contributed by atoms with E-state index in [0.717, 1.165) is 10.7 Å². The summed E-state index contributed by atoms with van der Waals surface area (Å²) in [6.07, 6.45) is 3.46. The minimum atomic E-state index is 0.757. The van der Waals surface area contributed by atoms with Gasteiger partial charge in [0.15, 0.2) is 0 Å². The van der Waals surface area contributed by atoms with E-state index in [1.54, 1.807) is 12.4 Å². The molecule has 0 aliphatic carbocycles. The van der Waals surface area contributed by atoms with Crippen LogP contribution in [0, 0.1) is 0 Å². The van der Waals surface area contributed by atoms with Gasteiger partial charge in [0.1, 0.15) is 0 Å². The molecule has 1 rings (SSSR count). The molecule has 0 saturated heterocycles. The van der Waals surface area contributed by atoms with Crippen LogP contribution in [0.15, 0.2) is 24.5 Å². The summed E-state index contributed by atoms with van der Waals surface area (Å²) in [4.78, 5) is 4.67. The zero-order valence-corrected chi connectivity index (χ0v) is 6.48. The molecule has 1 aromatic heterocycles. The van der Waals surface area contributed by atoms with Crippen LogP contribution in [0.5, 0.6) is 0 Å². The maximum Gasteiger partial charge on any atom is 0.0766 e. The second-order valence-electron chi connectivity index (χ2n) is 1.92. The summed E-state index contributed by atoms with van der Waals surface area (Å²) in [7, 11) is 0. The van der Waals surface area contributed by atoms with Gasteiger partial charge >= 0.3 is 0 Å². The number of nitrogens with one attached hydrogen (secondary N) is 1. The first-order valence-electron chi connectivity index (χ1n) is 2.96. The minimum Gasteiger partial charge on any atom is -0.349 e. The summed E-state index contributed by atoms with van der Waals surface area (Å²) in [5.74, 6) is 0. The molecule has 0 aromatic carbocycles. The quantitative estimate of drug-likeness (QED) is 0.621. The lowest BCUT2D eigenvalue weighted by molar-refractivity contribution is 1.33. The van der Waals surface area contributed by atoms with Crippen molar-refractivity contribution in [3.63, 3.8) is 0 Å². The van der Waals surface area contributed by atoms with Gasteiger partial charge in [0.05, 0.1) is 16.9 Å². The number of thiocarbonyl (C=S) groups is 1. The Morgan fingerprint density at radius 1 is 1.70 bits per heavy atom. The second-order valence-corrected chi connectivity index (χ2v) is 2.54. The minimum absolute atomic E-state index is 0.757. The number of hydrogen-bond acceptors (Lipinski definition) is 2. The van der Waals surface area contributed by atoms with Crippen molar-refractivity contribution in [3.05, 3.63) is 24.5 Å². The molecular weight excluding hydrogens is 144 g/mol. The highest BCUT2D eigenvalue weighted by molar-refractivity contribution is 7.80. The van der Waals surface area contributed by atoms with Crippen molar-refractivity contribution in [1.82, 2.24) is 4.98 Å². The Labute approximate surface area is 65.3 Å². The molecule has 0 radical (unpaired) electrons. The Kier molecular flexibility index (Phi) is 2.34. The van der Waals surface area contributed by atoms with E-state index in [2.05, 4.69) is 10.3 Å². The Hall–Kier alpha value is -0.960. The molecule has 0 unspecified atom stereocenters. The molecule has 2 nitrogen and oxygen atoms in total. The smallest absolute Gasteiger partial charge is 0.0766 e. The van der Waals surface area contributed by atoms with Gasteiger partial charge in [0, 0.05) is 6.20 Å². The molecule has 0 bridgehead atoms. The van der Waals surface area contributed by atoms with Crippen LogP contribution in [-0.2, 0) is 0 Å². The van der Waals surface area contributed by atoms with Crippen molar-refractivity contribution in [1.29, 1.82) is 0 Å². The van der Waals surface area contributed by atoms with E-state index >= 15 is 0 Å². The van der Waals surface area contributed by atoms with E-state index in [1.807, 2.05) is 19.1 Å². The highest BCUT2D eigenvalue weighted by Crippen LogP contribution is 2.01. The van der Waals surface area contributed by atoms with Gasteiger partial charge in [-0.05, 0) is 19.1 Å². The van der Waals surface area contributed by atoms with Crippen molar-refractivity contribution in [2.75, 3.05) is 5.32 Å². The fourth-order valence-electron chi connectivity index (χ4n) is 0.640. The molecular formula is C7H8N2S. The van der Waals surface area contributed by atoms with Crippen molar-refractivity contribution < 1.29 is 0 Å². The van der Waals surface area contributed by atoms with Crippen LogP contribution in [0.1, 0.15) is 6.92 Å². The molecule has 0 aliphatic heterocycles. The molecule has 3 heteroatoms. The maximum atomic E-state index is 4.84. The number of aromatic nitrogens is 1. The molecule has 0 spiro atoms. The standard InChI is InChI=1S/C7H8N2S/c1-6(10)9-7-3-2-4-8-5-7/h2-5H,1H3,(H,9,10). The average Bonchev–Trinajstić information content (AvgIpc) is 1.88. The van der Waals surface area contributed by atoms with Gasteiger partial charge in [0.25, 0.3) is 0 Å². The van der Waals surface area contributed by atoms with Crippen LogP contribution in [0.3, 0.4) is 0 Å². The Morgan fingerprint density at radius 2 is 2.50 bits per heavy atom. The number of nitrogens with zero attached hydrogens (tertiary/aromatic N) is 1. The lowest BCUT2D eigenvalue weighted by Crippen LogP contribution is -2.02. The molecule has 0 saturated carbocycles. The molecule has 0 aliphatic rings. The highest BCUT2D eigenvalue weighted by Gasteiger charge is 1.87. The third-order valence-corrected chi connectivity index (χ3v) is 1.08. The van der Waals surface area contributed by atoms with Gasteiger partial charge in [-0.15, -0.1) is 0 Å².